The highest BCUT2D eigenvalue weighted by atomic mass is 19.2. The number of hydrogen-bond acceptors (Lipinski definition) is 4. The Labute approximate surface area is 123 Å². The van der Waals surface area contributed by atoms with Crippen LogP contribution in [-0.2, 0) is 4.79 Å². The second kappa shape index (κ2) is 5.40. The fourth-order valence-electron chi connectivity index (χ4n) is 1.86. The number of ether oxygens (including phenoxy) is 1. The molecule has 6 nitrogen and oxygen atoms in total. The van der Waals surface area contributed by atoms with Crippen molar-refractivity contribution in [1.29, 1.82) is 0 Å². The number of carbonyl (C=O) groups is 2. The number of carbonyl (C=O) groups excluding carboxylic acids is 2. The highest BCUT2D eigenvalue weighted by Gasteiger charge is 2.18. The van der Waals surface area contributed by atoms with E-state index in [9.17, 15) is 18.4 Å². The van der Waals surface area contributed by atoms with Crippen molar-refractivity contribution in [2.45, 2.75) is 0 Å². The van der Waals surface area contributed by atoms with Crippen molar-refractivity contribution < 1.29 is 23.1 Å². The Kier molecular flexibility index (Phi) is 3.42. The summed E-state index contributed by atoms with van der Waals surface area (Å²) in [5.41, 5.74) is -0.0568. The Morgan fingerprint density at radius 2 is 2.05 bits per heavy atom. The molecule has 22 heavy (non-hydrogen) atoms. The van der Waals surface area contributed by atoms with E-state index in [1.807, 2.05) is 0 Å². The minimum absolute atomic E-state index is 0.0568. The lowest BCUT2D eigenvalue weighted by molar-refractivity contribution is -0.118. The van der Waals surface area contributed by atoms with Crippen LogP contribution in [0.2, 0.25) is 0 Å². The summed E-state index contributed by atoms with van der Waals surface area (Å²) in [5, 5.41) is 4.92. The van der Waals surface area contributed by atoms with E-state index < -0.39 is 17.5 Å². The van der Waals surface area contributed by atoms with Crippen molar-refractivity contribution in [3.63, 3.8) is 0 Å². The van der Waals surface area contributed by atoms with E-state index in [4.69, 9.17) is 4.74 Å². The molecular weight excluding hydrogens is 296 g/mol. The Morgan fingerprint density at radius 1 is 1.23 bits per heavy atom. The topological polar surface area (TPSA) is 80.3 Å². The molecule has 0 radical (unpaired) electrons. The van der Waals surface area contributed by atoms with Crippen molar-refractivity contribution in [2.75, 3.05) is 17.2 Å². The number of fused-ring (bicyclic) bond motifs is 1. The van der Waals surface area contributed by atoms with Crippen LogP contribution in [0, 0.1) is 11.6 Å². The van der Waals surface area contributed by atoms with E-state index in [0.717, 1.165) is 18.2 Å². The van der Waals surface area contributed by atoms with Crippen LogP contribution < -0.4 is 15.4 Å². The second-order valence-corrected chi connectivity index (χ2v) is 4.46. The van der Waals surface area contributed by atoms with Gasteiger partial charge in [-0.05, 0) is 30.3 Å². The molecule has 0 atom stereocenters. The Balaban J connectivity index is 1.80. The highest BCUT2D eigenvalue weighted by molar-refractivity contribution is 6.04. The fraction of sp³-hybridized carbons (Fsp3) is 0.0714. The van der Waals surface area contributed by atoms with Gasteiger partial charge in [0.15, 0.2) is 29.8 Å². The van der Waals surface area contributed by atoms with Crippen molar-refractivity contribution in [3.8, 4) is 5.75 Å². The van der Waals surface area contributed by atoms with E-state index in [1.54, 1.807) is 0 Å². The first-order valence-corrected chi connectivity index (χ1v) is 6.23. The quantitative estimate of drug-likeness (QED) is 0.888. The molecule has 0 saturated carbocycles. The SMILES string of the molecule is O=C1COc2ccc(NC(=O)c3ccc(F)c(F)c3)nc2N1. The van der Waals surface area contributed by atoms with Crippen LogP contribution in [0.1, 0.15) is 10.4 Å². The zero-order chi connectivity index (χ0) is 15.7. The van der Waals surface area contributed by atoms with Crippen LogP contribution in [0.3, 0.4) is 0 Å². The number of amides is 2. The number of benzene rings is 1. The molecular formula is C14H9F2N3O3. The number of aromatic nitrogens is 1. The minimum atomic E-state index is -1.12. The summed E-state index contributed by atoms with van der Waals surface area (Å²) >= 11 is 0. The largest absolute Gasteiger partial charge is 0.480 e. The van der Waals surface area contributed by atoms with Gasteiger partial charge in [0, 0.05) is 5.56 Å². The molecule has 0 bridgehead atoms. The van der Waals surface area contributed by atoms with E-state index in [-0.39, 0.29) is 29.7 Å². The average Bonchev–Trinajstić information content (AvgIpc) is 2.49. The molecule has 0 unspecified atom stereocenters. The lowest BCUT2D eigenvalue weighted by atomic mass is 10.2. The van der Waals surface area contributed by atoms with Gasteiger partial charge in [-0.1, -0.05) is 0 Å². The monoisotopic (exact) mass is 305 g/mol. The second-order valence-electron chi connectivity index (χ2n) is 4.46. The van der Waals surface area contributed by atoms with Crippen molar-refractivity contribution in [1.82, 2.24) is 4.98 Å². The summed E-state index contributed by atoms with van der Waals surface area (Å²) in [6, 6.07) is 5.79. The van der Waals surface area contributed by atoms with Gasteiger partial charge in [0.25, 0.3) is 11.8 Å². The molecule has 2 N–H and O–H groups in total. The number of anilines is 2. The van der Waals surface area contributed by atoms with Gasteiger partial charge in [-0.2, -0.15) is 0 Å². The molecule has 3 rings (SSSR count). The van der Waals surface area contributed by atoms with Crippen LogP contribution in [0.5, 0.6) is 5.75 Å². The smallest absolute Gasteiger partial charge is 0.263 e. The van der Waals surface area contributed by atoms with Gasteiger partial charge in [-0.15, -0.1) is 0 Å². The van der Waals surface area contributed by atoms with E-state index in [0.29, 0.717) is 5.75 Å². The third kappa shape index (κ3) is 2.71. The first kappa shape index (κ1) is 13.9. The molecule has 2 amide bonds. The molecule has 2 heterocycles. The molecule has 8 heteroatoms. The fourth-order valence-corrected chi connectivity index (χ4v) is 1.86. The van der Waals surface area contributed by atoms with Crippen LogP contribution in [-0.4, -0.2) is 23.4 Å². The maximum absolute atomic E-state index is 13.1. The molecule has 0 saturated heterocycles. The number of rotatable bonds is 2. The first-order valence-electron chi connectivity index (χ1n) is 6.23. The number of nitrogens with zero attached hydrogens (tertiary/aromatic N) is 1. The molecule has 2 aromatic rings. The Bertz CT molecular complexity index is 780. The number of hydrogen-bond donors (Lipinski definition) is 2. The third-order valence-electron chi connectivity index (χ3n) is 2.90. The summed E-state index contributed by atoms with van der Waals surface area (Å²) in [5.74, 6) is -2.47. The van der Waals surface area contributed by atoms with Crippen molar-refractivity contribution in [2.24, 2.45) is 0 Å². The molecule has 0 fully saturated rings. The van der Waals surface area contributed by atoms with Crippen LogP contribution in [0.25, 0.3) is 0 Å². The summed E-state index contributed by atoms with van der Waals surface area (Å²) in [6.45, 7) is -0.102. The Hall–Kier alpha value is -3.03. The van der Waals surface area contributed by atoms with Crippen LogP contribution >= 0.6 is 0 Å². The summed E-state index contributed by atoms with van der Waals surface area (Å²) < 4.78 is 31.1. The summed E-state index contributed by atoms with van der Waals surface area (Å²) in [7, 11) is 0. The van der Waals surface area contributed by atoms with Gasteiger partial charge in [-0.3, -0.25) is 9.59 Å². The van der Waals surface area contributed by atoms with Crippen molar-refractivity contribution in [3.05, 3.63) is 47.5 Å². The molecule has 0 spiro atoms. The van der Waals surface area contributed by atoms with Gasteiger partial charge >= 0.3 is 0 Å². The van der Waals surface area contributed by atoms with Crippen LogP contribution in [0.15, 0.2) is 30.3 Å². The molecule has 0 aliphatic carbocycles. The lowest BCUT2D eigenvalue weighted by Crippen LogP contribution is -2.26. The van der Waals surface area contributed by atoms with E-state index >= 15 is 0 Å². The minimum Gasteiger partial charge on any atom is -0.480 e. The number of nitrogens with one attached hydrogen (secondary N) is 2. The maximum Gasteiger partial charge on any atom is 0.263 e. The molecule has 1 aromatic heterocycles. The Morgan fingerprint density at radius 3 is 2.82 bits per heavy atom. The van der Waals surface area contributed by atoms with Gasteiger partial charge in [0.2, 0.25) is 0 Å². The third-order valence-corrected chi connectivity index (χ3v) is 2.90. The van der Waals surface area contributed by atoms with Gasteiger partial charge in [0.05, 0.1) is 0 Å². The number of pyridine rings is 1. The predicted octanol–water partition coefficient (Wildman–Crippen LogP) is 1.94. The lowest BCUT2D eigenvalue weighted by Gasteiger charge is -2.17. The highest BCUT2D eigenvalue weighted by Crippen LogP contribution is 2.27. The molecule has 1 aliphatic heterocycles. The molecule has 1 aromatic carbocycles. The zero-order valence-corrected chi connectivity index (χ0v) is 11.0. The standard InChI is InChI=1S/C14H9F2N3O3/c15-8-2-1-7(5-9(8)16)14(21)18-11-4-3-10-13(17-11)19-12(20)6-22-10/h1-5H,6H2,(H2,17,18,19,20,21). The zero-order valence-electron chi connectivity index (χ0n) is 11.0. The summed E-state index contributed by atoms with van der Waals surface area (Å²) in [6.07, 6.45) is 0. The normalized spacial score (nSPS) is 12.9. The average molecular weight is 305 g/mol. The maximum atomic E-state index is 13.1. The van der Waals surface area contributed by atoms with Gasteiger partial charge < -0.3 is 15.4 Å². The van der Waals surface area contributed by atoms with Gasteiger partial charge in [0.1, 0.15) is 5.82 Å². The van der Waals surface area contributed by atoms with E-state index in [2.05, 4.69) is 15.6 Å². The van der Waals surface area contributed by atoms with Crippen molar-refractivity contribution >= 4 is 23.5 Å². The molecule has 1 aliphatic rings. The van der Waals surface area contributed by atoms with Crippen LogP contribution in [0.4, 0.5) is 20.4 Å². The number of halogens is 2. The molecule has 112 valence electrons. The summed E-state index contributed by atoms with van der Waals surface area (Å²) in [4.78, 5) is 27.2. The van der Waals surface area contributed by atoms with E-state index in [1.165, 1.54) is 12.1 Å². The van der Waals surface area contributed by atoms with Gasteiger partial charge in [-0.25, -0.2) is 13.8 Å². The predicted molar refractivity (Wildman–Crippen MR) is 72.7 cm³/mol. The first-order chi connectivity index (χ1) is 10.5.